The molecule has 28 heavy (non-hydrogen) atoms. The van der Waals surface area contributed by atoms with Crippen LogP contribution in [-0.4, -0.2) is 34.3 Å². The van der Waals surface area contributed by atoms with Gasteiger partial charge in [0.2, 0.25) is 0 Å². The summed E-state index contributed by atoms with van der Waals surface area (Å²) in [7, 11) is 0. The second-order valence-corrected chi connectivity index (χ2v) is 6.94. The number of rotatable bonds is 8. The molecule has 0 bridgehead atoms. The van der Waals surface area contributed by atoms with Crippen LogP contribution in [-0.2, 0) is 20.9 Å². The Hall–Kier alpha value is -2.60. The third-order valence-electron chi connectivity index (χ3n) is 4.31. The Morgan fingerprint density at radius 3 is 2.71 bits per heavy atom. The van der Waals surface area contributed by atoms with Gasteiger partial charge in [-0.3, -0.25) is 9.48 Å². The van der Waals surface area contributed by atoms with Crippen molar-refractivity contribution in [1.82, 2.24) is 15.1 Å². The highest BCUT2D eigenvalue weighted by Gasteiger charge is 2.16. The van der Waals surface area contributed by atoms with E-state index < -0.39 is 12.1 Å². The van der Waals surface area contributed by atoms with Gasteiger partial charge in [0.1, 0.15) is 0 Å². The maximum atomic E-state index is 12.0. The van der Waals surface area contributed by atoms with Gasteiger partial charge in [-0.1, -0.05) is 36.7 Å². The van der Waals surface area contributed by atoms with Gasteiger partial charge in [0.05, 0.1) is 12.2 Å². The molecule has 150 valence electrons. The van der Waals surface area contributed by atoms with Crippen LogP contribution in [0.4, 0.5) is 0 Å². The average Bonchev–Trinajstić information content (AvgIpc) is 2.92. The molecule has 7 heteroatoms. The molecular formula is C21H26ClN3O3. The molecule has 0 aliphatic heterocycles. The van der Waals surface area contributed by atoms with Crippen LogP contribution in [0.25, 0.3) is 6.08 Å². The fraction of sp³-hybridized carbons (Fsp3) is 0.381. The number of carbonyl (C=O) groups is 2. The standard InChI is InChI=1S/C21H26ClN3O3/c1-5-12-23-21(27)16(4)28-20(26)11-10-18-14(2)24-25(15(18)3)13-17-8-6-7-9-19(17)22/h6-11,16H,5,12-13H2,1-4H3,(H,23,27)/b11-10+/t16-/m1/s1. The summed E-state index contributed by atoms with van der Waals surface area (Å²) in [4.78, 5) is 23.8. The molecule has 1 heterocycles. The topological polar surface area (TPSA) is 73.2 Å². The Bertz CT molecular complexity index is 874. The largest absolute Gasteiger partial charge is 0.449 e. The minimum absolute atomic E-state index is 0.302. The van der Waals surface area contributed by atoms with Crippen molar-refractivity contribution < 1.29 is 14.3 Å². The molecule has 2 aromatic rings. The molecule has 1 aromatic carbocycles. The SMILES string of the molecule is CCCNC(=O)[C@@H](C)OC(=O)/C=C/c1c(C)nn(Cc2ccccc2Cl)c1C. The highest BCUT2D eigenvalue weighted by atomic mass is 35.5. The van der Waals surface area contributed by atoms with Crippen molar-refractivity contribution in [2.45, 2.75) is 46.8 Å². The Morgan fingerprint density at radius 2 is 2.04 bits per heavy atom. The van der Waals surface area contributed by atoms with E-state index in [2.05, 4.69) is 10.4 Å². The zero-order valence-corrected chi connectivity index (χ0v) is 17.4. The van der Waals surface area contributed by atoms with Crippen LogP contribution in [0.1, 0.15) is 42.8 Å². The molecule has 0 unspecified atom stereocenters. The van der Waals surface area contributed by atoms with Gasteiger partial charge in [-0.25, -0.2) is 4.79 Å². The van der Waals surface area contributed by atoms with Crippen LogP contribution >= 0.6 is 11.6 Å². The van der Waals surface area contributed by atoms with Gasteiger partial charge in [0.15, 0.2) is 6.10 Å². The molecule has 0 spiro atoms. The van der Waals surface area contributed by atoms with Crippen molar-refractivity contribution in [3.63, 3.8) is 0 Å². The van der Waals surface area contributed by atoms with E-state index >= 15 is 0 Å². The summed E-state index contributed by atoms with van der Waals surface area (Å²) < 4.78 is 7.00. The molecular weight excluding hydrogens is 378 g/mol. The summed E-state index contributed by atoms with van der Waals surface area (Å²) in [5.74, 6) is -0.875. The fourth-order valence-electron chi connectivity index (χ4n) is 2.70. The lowest BCUT2D eigenvalue weighted by Crippen LogP contribution is -2.35. The molecule has 0 aliphatic carbocycles. The number of nitrogens with zero attached hydrogens (tertiary/aromatic N) is 2. The maximum absolute atomic E-state index is 12.0. The first kappa shape index (κ1) is 21.7. The van der Waals surface area contributed by atoms with Crippen molar-refractivity contribution in [2.24, 2.45) is 0 Å². The molecule has 1 aromatic heterocycles. The van der Waals surface area contributed by atoms with Crippen molar-refractivity contribution in [2.75, 3.05) is 6.54 Å². The van der Waals surface area contributed by atoms with Gasteiger partial charge in [0, 0.05) is 28.9 Å². The first-order valence-corrected chi connectivity index (χ1v) is 9.65. The van der Waals surface area contributed by atoms with Crippen molar-refractivity contribution in [3.8, 4) is 0 Å². The normalized spacial score (nSPS) is 12.2. The Kier molecular flexibility index (Phi) is 7.81. The number of aromatic nitrogens is 2. The van der Waals surface area contributed by atoms with Crippen LogP contribution in [0.5, 0.6) is 0 Å². The number of esters is 1. The van der Waals surface area contributed by atoms with Crippen LogP contribution in [0.15, 0.2) is 30.3 Å². The minimum Gasteiger partial charge on any atom is -0.449 e. The van der Waals surface area contributed by atoms with E-state index in [-0.39, 0.29) is 5.91 Å². The van der Waals surface area contributed by atoms with Gasteiger partial charge in [-0.05, 0) is 44.9 Å². The molecule has 1 amide bonds. The predicted octanol–water partition coefficient (Wildman–Crippen LogP) is 3.67. The smallest absolute Gasteiger partial charge is 0.331 e. The average molecular weight is 404 g/mol. The number of hydrogen-bond donors (Lipinski definition) is 1. The fourth-order valence-corrected chi connectivity index (χ4v) is 2.90. The molecule has 1 N–H and O–H groups in total. The quantitative estimate of drug-likeness (QED) is 0.539. The lowest BCUT2D eigenvalue weighted by Gasteiger charge is -2.11. The number of hydrogen-bond acceptors (Lipinski definition) is 4. The molecule has 2 rings (SSSR count). The maximum Gasteiger partial charge on any atom is 0.331 e. The van der Waals surface area contributed by atoms with Crippen LogP contribution in [0, 0.1) is 13.8 Å². The van der Waals surface area contributed by atoms with E-state index in [1.807, 2.05) is 49.7 Å². The van der Waals surface area contributed by atoms with E-state index in [1.54, 1.807) is 13.0 Å². The number of amides is 1. The minimum atomic E-state index is -0.839. The molecule has 0 saturated heterocycles. The number of aryl methyl sites for hydroxylation is 1. The van der Waals surface area contributed by atoms with Crippen molar-refractivity contribution in [3.05, 3.63) is 57.9 Å². The third kappa shape index (κ3) is 5.70. The van der Waals surface area contributed by atoms with Crippen molar-refractivity contribution >= 4 is 29.6 Å². The highest BCUT2D eigenvalue weighted by Crippen LogP contribution is 2.20. The summed E-state index contributed by atoms with van der Waals surface area (Å²) in [5, 5.41) is 7.92. The number of nitrogens with one attached hydrogen (secondary N) is 1. The van der Waals surface area contributed by atoms with Gasteiger partial charge in [0.25, 0.3) is 5.91 Å². The lowest BCUT2D eigenvalue weighted by atomic mass is 10.1. The Balaban J connectivity index is 2.05. The first-order chi connectivity index (χ1) is 13.3. The van der Waals surface area contributed by atoms with E-state index in [9.17, 15) is 9.59 Å². The molecule has 0 fully saturated rings. The second-order valence-electron chi connectivity index (χ2n) is 6.54. The summed E-state index contributed by atoms with van der Waals surface area (Å²) in [6.07, 6.45) is 2.97. The molecule has 0 aliphatic rings. The number of carbonyl (C=O) groups excluding carboxylic acids is 2. The van der Waals surface area contributed by atoms with Gasteiger partial charge in [-0.15, -0.1) is 0 Å². The Labute approximate surface area is 170 Å². The highest BCUT2D eigenvalue weighted by molar-refractivity contribution is 6.31. The van der Waals surface area contributed by atoms with Crippen LogP contribution < -0.4 is 5.32 Å². The van der Waals surface area contributed by atoms with Crippen LogP contribution in [0.3, 0.4) is 0 Å². The number of ether oxygens (including phenoxy) is 1. The zero-order valence-electron chi connectivity index (χ0n) is 16.7. The predicted molar refractivity (Wildman–Crippen MR) is 110 cm³/mol. The second kappa shape index (κ2) is 10.1. The van der Waals surface area contributed by atoms with E-state index in [4.69, 9.17) is 16.3 Å². The molecule has 6 nitrogen and oxygen atoms in total. The summed E-state index contributed by atoms with van der Waals surface area (Å²) in [6.45, 7) is 8.41. The molecule has 0 saturated carbocycles. The monoisotopic (exact) mass is 403 g/mol. The molecule has 0 radical (unpaired) electrons. The van der Waals surface area contributed by atoms with Crippen LogP contribution in [0.2, 0.25) is 5.02 Å². The van der Waals surface area contributed by atoms with Gasteiger partial charge in [-0.2, -0.15) is 5.10 Å². The summed E-state index contributed by atoms with van der Waals surface area (Å²) >= 11 is 6.23. The van der Waals surface area contributed by atoms with Crippen molar-refractivity contribution in [1.29, 1.82) is 0 Å². The third-order valence-corrected chi connectivity index (χ3v) is 4.68. The van der Waals surface area contributed by atoms with E-state index in [0.29, 0.717) is 18.1 Å². The summed E-state index contributed by atoms with van der Waals surface area (Å²) in [6, 6.07) is 7.62. The number of benzene rings is 1. The number of halogens is 1. The van der Waals surface area contributed by atoms with E-state index in [1.165, 1.54) is 6.08 Å². The molecule has 1 atom stereocenters. The van der Waals surface area contributed by atoms with Gasteiger partial charge < -0.3 is 10.1 Å². The Morgan fingerprint density at radius 1 is 1.32 bits per heavy atom. The first-order valence-electron chi connectivity index (χ1n) is 9.27. The van der Waals surface area contributed by atoms with E-state index in [0.717, 1.165) is 28.9 Å². The lowest BCUT2D eigenvalue weighted by molar-refractivity contribution is -0.150. The van der Waals surface area contributed by atoms with Gasteiger partial charge >= 0.3 is 5.97 Å². The zero-order chi connectivity index (χ0) is 20.7. The summed E-state index contributed by atoms with van der Waals surface area (Å²) in [5.41, 5.74) is 3.52.